The van der Waals surface area contributed by atoms with Crippen LogP contribution in [0.4, 0.5) is 5.82 Å². The molecule has 0 radical (unpaired) electrons. The Kier molecular flexibility index (Phi) is 6.85. The maximum atomic E-state index is 5.49. The van der Waals surface area contributed by atoms with Crippen molar-refractivity contribution in [3.05, 3.63) is 15.1 Å². The maximum Gasteiger partial charge on any atom is 0.159 e. The van der Waals surface area contributed by atoms with Gasteiger partial charge < -0.3 is 10.1 Å². The highest BCUT2D eigenvalue weighted by Gasteiger charge is 2.17. The molecule has 0 spiro atoms. The number of rotatable bonds is 7. The number of anilines is 1. The third kappa shape index (κ3) is 3.78. The van der Waals surface area contributed by atoms with Crippen LogP contribution in [-0.4, -0.2) is 23.6 Å². The first-order valence-electron chi connectivity index (χ1n) is 6.50. The minimum absolute atomic E-state index is 0.00490. The first-order chi connectivity index (χ1) is 8.67. The Bertz CT molecular complexity index is 385. The highest BCUT2D eigenvalue weighted by atomic mass is 127. The Labute approximate surface area is 123 Å². The summed E-state index contributed by atoms with van der Waals surface area (Å²) in [5.74, 6) is 1.73. The molecule has 1 aromatic rings. The van der Waals surface area contributed by atoms with E-state index in [-0.39, 0.29) is 6.10 Å². The van der Waals surface area contributed by atoms with Gasteiger partial charge in [0.2, 0.25) is 0 Å². The van der Waals surface area contributed by atoms with Gasteiger partial charge in [-0.1, -0.05) is 20.3 Å². The number of methoxy groups -OCH3 is 1. The van der Waals surface area contributed by atoms with Crippen LogP contribution in [-0.2, 0) is 11.2 Å². The van der Waals surface area contributed by atoms with Crippen molar-refractivity contribution in [2.24, 2.45) is 0 Å². The predicted octanol–water partition coefficient (Wildman–Crippen LogP) is 3.56. The van der Waals surface area contributed by atoms with Crippen LogP contribution in [0.25, 0.3) is 0 Å². The minimum atomic E-state index is -0.00490. The Morgan fingerprint density at radius 3 is 2.50 bits per heavy atom. The molecule has 0 aliphatic heterocycles. The van der Waals surface area contributed by atoms with Crippen LogP contribution in [0.15, 0.2) is 0 Å². The summed E-state index contributed by atoms with van der Waals surface area (Å²) >= 11 is 2.31. The fourth-order valence-corrected chi connectivity index (χ4v) is 2.60. The van der Waals surface area contributed by atoms with Gasteiger partial charge in [0.1, 0.15) is 11.9 Å². The van der Waals surface area contributed by atoms with Gasteiger partial charge in [-0.2, -0.15) is 0 Å². The van der Waals surface area contributed by atoms with Gasteiger partial charge >= 0.3 is 0 Å². The monoisotopic (exact) mass is 363 g/mol. The second-order valence-corrected chi connectivity index (χ2v) is 5.17. The molecule has 18 heavy (non-hydrogen) atoms. The first kappa shape index (κ1) is 15.6. The molecule has 0 aliphatic carbocycles. The van der Waals surface area contributed by atoms with Gasteiger partial charge in [-0.3, -0.25) is 0 Å². The molecule has 0 aromatic carbocycles. The number of aromatic nitrogens is 2. The summed E-state index contributed by atoms with van der Waals surface area (Å²) < 4.78 is 6.61. The summed E-state index contributed by atoms with van der Waals surface area (Å²) in [7, 11) is 1.72. The van der Waals surface area contributed by atoms with Crippen molar-refractivity contribution >= 4 is 28.4 Å². The van der Waals surface area contributed by atoms with E-state index in [9.17, 15) is 0 Å². The van der Waals surface area contributed by atoms with Crippen LogP contribution in [0.3, 0.4) is 0 Å². The van der Waals surface area contributed by atoms with Crippen molar-refractivity contribution in [3.8, 4) is 0 Å². The number of ether oxygens (including phenoxy) is 1. The summed E-state index contributed by atoms with van der Waals surface area (Å²) in [6.07, 6.45) is 2.92. The molecule has 0 saturated heterocycles. The van der Waals surface area contributed by atoms with Gasteiger partial charge in [0.15, 0.2) is 5.82 Å². The highest BCUT2D eigenvalue weighted by molar-refractivity contribution is 14.1. The van der Waals surface area contributed by atoms with E-state index in [1.165, 1.54) is 0 Å². The fraction of sp³-hybridized carbons (Fsp3) is 0.692. The molecule has 0 aliphatic rings. The van der Waals surface area contributed by atoms with E-state index in [1.54, 1.807) is 7.11 Å². The van der Waals surface area contributed by atoms with Gasteiger partial charge in [-0.25, -0.2) is 9.97 Å². The molecule has 0 amide bonds. The maximum absolute atomic E-state index is 5.49. The third-order valence-electron chi connectivity index (χ3n) is 2.74. The molecule has 1 heterocycles. The van der Waals surface area contributed by atoms with Gasteiger partial charge in [-0.15, -0.1) is 0 Å². The average molecular weight is 363 g/mol. The second kappa shape index (κ2) is 7.89. The van der Waals surface area contributed by atoms with Gasteiger partial charge in [0.05, 0.1) is 9.26 Å². The van der Waals surface area contributed by atoms with E-state index in [0.29, 0.717) is 0 Å². The second-order valence-electron chi connectivity index (χ2n) is 4.09. The summed E-state index contributed by atoms with van der Waals surface area (Å²) in [6.45, 7) is 7.20. The zero-order valence-electron chi connectivity index (χ0n) is 11.6. The SMILES string of the molecule is CCCC(OC)c1nc(CC)c(I)c(NCC)n1. The molecule has 0 fully saturated rings. The quantitative estimate of drug-likeness (QED) is 0.753. The molecule has 0 bridgehead atoms. The molecule has 1 N–H and O–H groups in total. The Morgan fingerprint density at radius 2 is 2.00 bits per heavy atom. The minimum Gasteiger partial charge on any atom is -0.373 e. The van der Waals surface area contributed by atoms with Crippen molar-refractivity contribution in [3.63, 3.8) is 0 Å². The van der Waals surface area contributed by atoms with E-state index in [4.69, 9.17) is 4.74 Å². The van der Waals surface area contributed by atoms with Gasteiger partial charge in [0.25, 0.3) is 0 Å². The van der Waals surface area contributed by atoms with Crippen LogP contribution < -0.4 is 5.32 Å². The molecule has 4 nitrogen and oxygen atoms in total. The van der Waals surface area contributed by atoms with Crippen LogP contribution >= 0.6 is 22.6 Å². The Balaban J connectivity index is 3.14. The van der Waals surface area contributed by atoms with Gasteiger partial charge in [0, 0.05) is 13.7 Å². The number of hydrogen-bond donors (Lipinski definition) is 1. The lowest BCUT2D eigenvalue weighted by atomic mass is 10.2. The summed E-state index contributed by atoms with van der Waals surface area (Å²) in [5.41, 5.74) is 1.09. The first-order valence-corrected chi connectivity index (χ1v) is 7.58. The highest BCUT2D eigenvalue weighted by Crippen LogP contribution is 2.25. The molecule has 5 heteroatoms. The molecule has 102 valence electrons. The van der Waals surface area contributed by atoms with Crippen molar-refractivity contribution in [1.82, 2.24) is 9.97 Å². The van der Waals surface area contributed by atoms with Crippen LogP contribution in [0.2, 0.25) is 0 Å². The zero-order valence-corrected chi connectivity index (χ0v) is 13.7. The van der Waals surface area contributed by atoms with E-state index < -0.39 is 0 Å². The van der Waals surface area contributed by atoms with Crippen molar-refractivity contribution in [1.29, 1.82) is 0 Å². The number of aryl methyl sites for hydroxylation is 1. The summed E-state index contributed by atoms with van der Waals surface area (Å²) in [6, 6.07) is 0. The van der Waals surface area contributed by atoms with Crippen molar-refractivity contribution < 1.29 is 4.74 Å². The third-order valence-corrected chi connectivity index (χ3v) is 3.87. The van der Waals surface area contributed by atoms with E-state index in [2.05, 4.69) is 58.6 Å². The molecular weight excluding hydrogens is 341 g/mol. The molecule has 0 saturated carbocycles. The average Bonchev–Trinajstić information content (AvgIpc) is 2.38. The molecule has 1 unspecified atom stereocenters. The smallest absolute Gasteiger partial charge is 0.159 e. The van der Waals surface area contributed by atoms with Crippen LogP contribution in [0, 0.1) is 3.57 Å². The lowest BCUT2D eigenvalue weighted by molar-refractivity contribution is 0.0875. The number of hydrogen-bond acceptors (Lipinski definition) is 4. The standard InChI is InChI=1S/C13H22IN3O/c1-5-8-10(18-4)12-16-9(6-2)11(14)13(17-12)15-7-3/h10H,5-8H2,1-4H3,(H,15,16,17). The van der Waals surface area contributed by atoms with Crippen molar-refractivity contribution in [2.75, 3.05) is 19.0 Å². The lowest BCUT2D eigenvalue weighted by Crippen LogP contribution is -2.13. The number of nitrogens with zero attached hydrogens (tertiary/aromatic N) is 2. The summed E-state index contributed by atoms with van der Waals surface area (Å²) in [5, 5.41) is 3.30. The van der Waals surface area contributed by atoms with E-state index in [0.717, 1.165) is 46.7 Å². The van der Waals surface area contributed by atoms with E-state index in [1.807, 2.05) is 0 Å². The zero-order chi connectivity index (χ0) is 13.5. The Morgan fingerprint density at radius 1 is 1.28 bits per heavy atom. The number of nitrogens with one attached hydrogen (secondary N) is 1. The molecule has 1 atom stereocenters. The predicted molar refractivity (Wildman–Crippen MR) is 82.9 cm³/mol. The molecule has 1 rings (SSSR count). The lowest BCUT2D eigenvalue weighted by Gasteiger charge is -2.17. The Hall–Kier alpha value is -0.430. The molecule has 1 aromatic heterocycles. The topological polar surface area (TPSA) is 47.0 Å². The fourth-order valence-electron chi connectivity index (χ4n) is 1.79. The van der Waals surface area contributed by atoms with E-state index >= 15 is 0 Å². The van der Waals surface area contributed by atoms with Crippen molar-refractivity contribution in [2.45, 2.75) is 46.1 Å². The largest absolute Gasteiger partial charge is 0.373 e. The summed E-state index contributed by atoms with van der Waals surface area (Å²) in [4.78, 5) is 9.25. The molecular formula is C13H22IN3O. The van der Waals surface area contributed by atoms with Crippen LogP contribution in [0.5, 0.6) is 0 Å². The van der Waals surface area contributed by atoms with Gasteiger partial charge in [-0.05, 0) is 42.4 Å². The normalized spacial score (nSPS) is 12.5. The van der Waals surface area contributed by atoms with Crippen LogP contribution in [0.1, 0.15) is 51.2 Å². The number of halogens is 1.